The third-order valence-corrected chi connectivity index (χ3v) is 2.83. The average molecular weight is 257 g/mol. The first-order valence-corrected chi connectivity index (χ1v) is 6.16. The predicted molar refractivity (Wildman–Crippen MR) is 67.4 cm³/mol. The number of morpholine rings is 1. The normalized spacial score (nSPS) is 18.9. The van der Waals surface area contributed by atoms with E-state index in [1.165, 1.54) is 0 Å². The standard InChI is InChI=1S/C11H17ClN4O/c1-9(8-16-2-4-17-5-3-16)15-11-13-6-10(12)7-14-11/h6-7,9H,2-5,8H2,1H3,(H,13,14,15). The molecule has 1 N–H and O–H groups in total. The van der Waals surface area contributed by atoms with Crippen molar-refractivity contribution in [2.75, 3.05) is 38.2 Å². The highest BCUT2D eigenvalue weighted by Crippen LogP contribution is 2.07. The van der Waals surface area contributed by atoms with Crippen molar-refractivity contribution in [1.29, 1.82) is 0 Å². The quantitative estimate of drug-likeness (QED) is 0.879. The van der Waals surface area contributed by atoms with Crippen LogP contribution in [0.1, 0.15) is 6.92 Å². The highest BCUT2D eigenvalue weighted by molar-refractivity contribution is 6.30. The molecule has 0 spiro atoms. The number of anilines is 1. The molecule has 0 bridgehead atoms. The predicted octanol–water partition coefficient (Wildman–Crippen LogP) is 1.26. The molecule has 94 valence electrons. The summed E-state index contributed by atoms with van der Waals surface area (Å²) in [6.45, 7) is 6.72. The van der Waals surface area contributed by atoms with Crippen molar-refractivity contribution in [3.8, 4) is 0 Å². The number of rotatable bonds is 4. The Bertz CT molecular complexity index is 340. The molecule has 1 fully saturated rings. The van der Waals surface area contributed by atoms with Crippen molar-refractivity contribution in [3.63, 3.8) is 0 Å². The van der Waals surface area contributed by atoms with Gasteiger partial charge in [0.05, 0.1) is 30.6 Å². The van der Waals surface area contributed by atoms with Gasteiger partial charge in [-0.15, -0.1) is 0 Å². The molecule has 0 saturated carbocycles. The summed E-state index contributed by atoms with van der Waals surface area (Å²) in [6, 6.07) is 0.300. The summed E-state index contributed by atoms with van der Waals surface area (Å²) in [4.78, 5) is 10.6. The second kappa shape index (κ2) is 6.14. The molecule has 6 heteroatoms. The smallest absolute Gasteiger partial charge is 0.222 e. The Morgan fingerprint density at radius 3 is 2.71 bits per heavy atom. The SMILES string of the molecule is CC(CN1CCOCC1)Nc1ncc(Cl)cn1. The lowest BCUT2D eigenvalue weighted by molar-refractivity contribution is 0.0368. The minimum atomic E-state index is 0.300. The molecule has 17 heavy (non-hydrogen) atoms. The fourth-order valence-corrected chi connectivity index (χ4v) is 1.92. The van der Waals surface area contributed by atoms with Crippen LogP contribution in [0.15, 0.2) is 12.4 Å². The maximum Gasteiger partial charge on any atom is 0.222 e. The number of halogens is 1. The molecule has 1 saturated heterocycles. The van der Waals surface area contributed by atoms with Crippen LogP contribution in [-0.2, 0) is 4.74 Å². The van der Waals surface area contributed by atoms with Crippen molar-refractivity contribution >= 4 is 17.5 Å². The molecule has 2 heterocycles. The molecule has 0 amide bonds. The molecule has 1 aliphatic rings. The Morgan fingerprint density at radius 1 is 1.41 bits per heavy atom. The lowest BCUT2D eigenvalue weighted by atomic mass is 10.3. The number of hydrogen-bond donors (Lipinski definition) is 1. The van der Waals surface area contributed by atoms with E-state index in [-0.39, 0.29) is 0 Å². The number of nitrogens with zero attached hydrogens (tertiary/aromatic N) is 3. The molecule has 1 unspecified atom stereocenters. The third kappa shape index (κ3) is 4.11. The molecule has 0 aliphatic carbocycles. The largest absolute Gasteiger partial charge is 0.379 e. The fourth-order valence-electron chi connectivity index (χ4n) is 1.82. The average Bonchev–Trinajstić information content (AvgIpc) is 2.33. The van der Waals surface area contributed by atoms with Crippen molar-refractivity contribution in [3.05, 3.63) is 17.4 Å². The number of aromatic nitrogens is 2. The van der Waals surface area contributed by atoms with Crippen LogP contribution in [0, 0.1) is 0 Å². The first kappa shape index (κ1) is 12.5. The summed E-state index contributed by atoms with van der Waals surface area (Å²) in [5.74, 6) is 0.621. The highest BCUT2D eigenvalue weighted by atomic mass is 35.5. The van der Waals surface area contributed by atoms with E-state index in [0.717, 1.165) is 32.8 Å². The van der Waals surface area contributed by atoms with E-state index in [9.17, 15) is 0 Å². The van der Waals surface area contributed by atoms with E-state index in [0.29, 0.717) is 17.0 Å². The summed E-state index contributed by atoms with van der Waals surface area (Å²) in [5, 5.41) is 3.81. The van der Waals surface area contributed by atoms with Crippen LogP contribution in [0.4, 0.5) is 5.95 Å². The van der Waals surface area contributed by atoms with Crippen LogP contribution in [0.25, 0.3) is 0 Å². The maximum atomic E-state index is 5.73. The van der Waals surface area contributed by atoms with Gasteiger partial charge in [0, 0.05) is 25.7 Å². The van der Waals surface area contributed by atoms with Gasteiger partial charge in [0.25, 0.3) is 0 Å². The Kier molecular flexibility index (Phi) is 4.53. The zero-order valence-electron chi connectivity index (χ0n) is 9.90. The molecule has 1 atom stereocenters. The minimum absolute atomic E-state index is 0.300. The Labute approximate surface area is 106 Å². The Morgan fingerprint density at radius 2 is 2.06 bits per heavy atom. The summed E-state index contributed by atoms with van der Waals surface area (Å²) >= 11 is 5.73. The molecule has 1 aliphatic heterocycles. The first-order chi connectivity index (χ1) is 8.24. The fraction of sp³-hybridized carbons (Fsp3) is 0.636. The van der Waals surface area contributed by atoms with Gasteiger partial charge < -0.3 is 10.1 Å². The van der Waals surface area contributed by atoms with Crippen LogP contribution in [0.3, 0.4) is 0 Å². The topological polar surface area (TPSA) is 50.3 Å². The van der Waals surface area contributed by atoms with E-state index in [1.807, 2.05) is 0 Å². The molecular formula is C11H17ClN4O. The van der Waals surface area contributed by atoms with E-state index in [4.69, 9.17) is 16.3 Å². The van der Waals surface area contributed by atoms with Crippen molar-refractivity contribution in [2.24, 2.45) is 0 Å². The van der Waals surface area contributed by atoms with Crippen molar-refractivity contribution in [1.82, 2.24) is 14.9 Å². The zero-order chi connectivity index (χ0) is 12.1. The summed E-state index contributed by atoms with van der Waals surface area (Å²) in [5.41, 5.74) is 0. The first-order valence-electron chi connectivity index (χ1n) is 5.78. The molecule has 1 aromatic heterocycles. The lowest BCUT2D eigenvalue weighted by Gasteiger charge is -2.29. The maximum absolute atomic E-state index is 5.73. The summed E-state index contributed by atoms with van der Waals surface area (Å²) in [7, 11) is 0. The van der Waals surface area contributed by atoms with Gasteiger partial charge in [-0.3, -0.25) is 4.90 Å². The van der Waals surface area contributed by atoms with E-state index in [1.54, 1.807) is 12.4 Å². The van der Waals surface area contributed by atoms with Gasteiger partial charge in [-0.1, -0.05) is 11.6 Å². The van der Waals surface area contributed by atoms with E-state index < -0.39 is 0 Å². The second-order valence-electron chi connectivity index (χ2n) is 4.18. The number of nitrogens with one attached hydrogen (secondary N) is 1. The molecule has 0 aromatic carbocycles. The number of ether oxygens (including phenoxy) is 1. The molecular weight excluding hydrogens is 240 g/mol. The lowest BCUT2D eigenvalue weighted by Crippen LogP contribution is -2.42. The van der Waals surface area contributed by atoms with Crippen molar-refractivity contribution < 1.29 is 4.74 Å². The van der Waals surface area contributed by atoms with E-state index >= 15 is 0 Å². The van der Waals surface area contributed by atoms with Crippen LogP contribution < -0.4 is 5.32 Å². The van der Waals surface area contributed by atoms with Crippen LogP contribution in [0.2, 0.25) is 5.02 Å². The summed E-state index contributed by atoms with van der Waals surface area (Å²) in [6.07, 6.45) is 3.19. The van der Waals surface area contributed by atoms with Gasteiger partial charge in [0.1, 0.15) is 0 Å². The van der Waals surface area contributed by atoms with E-state index in [2.05, 4.69) is 27.1 Å². The molecule has 5 nitrogen and oxygen atoms in total. The zero-order valence-corrected chi connectivity index (χ0v) is 10.7. The van der Waals surface area contributed by atoms with Gasteiger partial charge in [0.2, 0.25) is 5.95 Å². The van der Waals surface area contributed by atoms with Gasteiger partial charge in [-0.05, 0) is 6.92 Å². The van der Waals surface area contributed by atoms with Crippen LogP contribution in [0.5, 0.6) is 0 Å². The van der Waals surface area contributed by atoms with Crippen molar-refractivity contribution in [2.45, 2.75) is 13.0 Å². The van der Waals surface area contributed by atoms with Gasteiger partial charge in [-0.2, -0.15) is 0 Å². The second-order valence-corrected chi connectivity index (χ2v) is 4.62. The third-order valence-electron chi connectivity index (χ3n) is 2.63. The number of hydrogen-bond acceptors (Lipinski definition) is 5. The highest BCUT2D eigenvalue weighted by Gasteiger charge is 2.13. The monoisotopic (exact) mass is 256 g/mol. The molecule has 1 aromatic rings. The van der Waals surface area contributed by atoms with Gasteiger partial charge >= 0.3 is 0 Å². The van der Waals surface area contributed by atoms with Crippen LogP contribution in [-0.4, -0.2) is 53.8 Å². The minimum Gasteiger partial charge on any atom is -0.379 e. The Balaban J connectivity index is 1.79. The molecule has 2 rings (SSSR count). The van der Waals surface area contributed by atoms with Crippen LogP contribution >= 0.6 is 11.6 Å². The Hall–Kier alpha value is -0.910. The summed E-state index contributed by atoms with van der Waals surface area (Å²) < 4.78 is 5.31. The van der Waals surface area contributed by atoms with Gasteiger partial charge in [0.15, 0.2) is 0 Å². The van der Waals surface area contributed by atoms with Gasteiger partial charge in [-0.25, -0.2) is 9.97 Å². The molecule has 0 radical (unpaired) electrons.